The lowest BCUT2D eigenvalue weighted by Crippen LogP contribution is -1.82. The average Bonchev–Trinajstić information content (AvgIpc) is 2.69. The van der Waals surface area contributed by atoms with Crippen molar-refractivity contribution in [3.05, 3.63) is 77.7 Å². The van der Waals surface area contributed by atoms with E-state index in [-0.39, 0.29) is 0 Å². The van der Waals surface area contributed by atoms with E-state index in [2.05, 4.69) is 67.9 Å². The van der Waals surface area contributed by atoms with Gasteiger partial charge in [-0.05, 0) is 34.8 Å². The second kappa shape index (κ2) is 3.64. The lowest BCUT2D eigenvalue weighted by molar-refractivity contribution is 1.52. The molecule has 1 aliphatic carbocycles. The van der Waals surface area contributed by atoms with Crippen molar-refractivity contribution in [2.45, 2.75) is 6.92 Å². The lowest BCUT2D eigenvalue weighted by atomic mass is 10.0. The minimum atomic E-state index is 1.30. The second-order valence-corrected chi connectivity index (χ2v) is 4.14. The number of hydrogen-bond donors (Lipinski definition) is 0. The number of rotatable bonds is 1. The minimum Gasteiger partial charge on any atom is -0.0622 e. The van der Waals surface area contributed by atoms with E-state index < -0.39 is 0 Å². The first-order valence-corrected chi connectivity index (χ1v) is 5.57. The highest BCUT2D eigenvalue weighted by molar-refractivity contribution is 6.01. The molecule has 16 heavy (non-hydrogen) atoms. The predicted octanol–water partition coefficient (Wildman–Crippen LogP) is 4.18. The Balaban J connectivity index is 2.11. The number of benzene rings is 2. The highest BCUT2D eigenvalue weighted by Gasteiger charge is 2.18. The molecule has 3 rings (SSSR count). The Hall–Kier alpha value is -1.82. The largest absolute Gasteiger partial charge is 0.0622 e. The third kappa shape index (κ3) is 1.38. The van der Waals surface area contributed by atoms with Crippen molar-refractivity contribution in [2.24, 2.45) is 0 Å². The second-order valence-electron chi connectivity index (χ2n) is 4.14. The quantitative estimate of drug-likeness (QED) is 0.655. The van der Waals surface area contributed by atoms with Crippen molar-refractivity contribution in [1.29, 1.82) is 0 Å². The number of hydrogen-bond acceptors (Lipinski definition) is 0. The molecule has 1 radical (unpaired) electrons. The van der Waals surface area contributed by atoms with E-state index in [9.17, 15) is 0 Å². The standard InChI is InChI=1S/C16H13/c1-12-15-10-6-5-9-14(15)11-16(12)13-7-3-2-4-8-13/h2-11H,1H3. The number of fused-ring (bicyclic) bond motifs is 1. The molecule has 2 aromatic rings. The fourth-order valence-corrected chi connectivity index (χ4v) is 2.29. The van der Waals surface area contributed by atoms with Crippen molar-refractivity contribution in [3.63, 3.8) is 0 Å². The molecule has 0 aromatic heterocycles. The van der Waals surface area contributed by atoms with Gasteiger partial charge in [0.15, 0.2) is 0 Å². The van der Waals surface area contributed by atoms with Gasteiger partial charge in [0.1, 0.15) is 0 Å². The van der Waals surface area contributed by atoms with Crippen LogP contribution in [0.4, 0.5) is 0 Å². The Morgan fingerprint density at radius 1 is 0.750 bits per heavy atom. The first-order chi connectivity index (χ1) is 7.86. The zero-order valence-corrected chi connectivity index (χ0v) is 9.27. The van der Waals surface area contributed by atoms with E-state index in [0.29, 0.717) is 0 Å². The van der Waals surface area contributed by atoms with Gasteiger partial charge in [0.05, 0.1) is 0 Å². The van der Waals surface area contributed by atoms with Gasteiger partial charge in [0.25, 0.3) is 0 Å². The minimum absolute atomic E-state index is 1.30. The molecule has 0 bridgehead atoms. The molecule has 0 atom stereocenters. The lowest BCUT2D eigenvalue weighted by Gasteiger charge is -2.03. The molecule has 0 spiro atoms. The molecule has 0 fully saturated rings. The monoisotopic (exact) mass is 205 g/mol. The van der Waals surface area contributed by atoms with Gasteiger partial charge >= 0.3 is 0 Å². The first kappa shape index (κ1) is 9.41. The maximum absolute atomic E-state index is 2.28. The Bertz CT molecular complexity index is 547. The molecular formula is C16H13. The molecule has 2 aromatic carbocycles. The Morgan fingerprint density at radius 3 is 2.19 bits per heavy atom. The Labute approximate surface area is 96.3 Å². The maximum Gasteiger partial charge on any atom is 0.0214 e. The molecule has 0 saturated carbocycles. The Kier molecular flexibility index (Phi) is 2.14. The summed E-state index contributed by atoms with van der Waals surface area (Å²) in [7, 11) is 0. The topological polar surface area (TPSA) is 0 Å². The fourth-order valence-electron chi connectivity index (χ4n) is 2.29. The van der Waals surface area contributed by atoms with Crippen molar-refractivity contribution in [1.82, 2.24) is 0 Å². The average molecular weight is 205 g/mol. The van der Waals surface area contributed by atoms with Crippen LogP contribution < -0.4 is 0 Å². The molecule has 77 valence electrons. The first-order valence-electron chi connectivity index (χ1n) is 5.57. The third-order valence-corrected chi connectivity index (χ3v) is 3.15. The van der Waals surface area contributed by atoms with Crippen LogP contribution in [-0.2, 0) is 0 Å². The van der Waals surface area contributed by atoms with Crippen LogP contribution in [-0.4, -0.2) is 0 Å². The summed E-state index contributed by atoms with van der Waals surface area (Å²) in [5, 5.41) is 0. The van der Waals surface area contributed by atoms with Crippen molar-refractivity contribution >= 4 is 11.1 Å². The SMILES string of the molecule is CC1=C(c2ccccc2)[CH]c2ccccc21. The van der Waals surface area contributed by atoms with Crippen LogP contribution in [0.1, 0.15) is 23.6 Å². The van der Waals surface area contributed by atoms with Crippen molar-refractivity contribution in [3.8, 4) is 0 Å². The zero-order chi connectivity index (χ0) is 11.0. The highest BCUT2D eigenvalue weighted by Crippen LogP contribution is 2.38. The summed E-state index contributed by atoms with van der Waals surface area (Å²) in [6, 6.07) is 19.1. The van der Waals surface area contributed by atoms with E-state index in [1.165, 1.54) is 27.8 Å². The van der Waals surface area contributed by atoms with Crippen LogP contribution in [0.25, 0.3) is 11.1 Å². The summed E-state index contributed by atoms with van der Waals surface area (Å²) >= 11 is 0. The van der Waals surface area contributed by atoms with Crippen LogP contribution in [0.2, 0.25) is 0 Å². The molecule has 0 unspecified atom stereocenters. The van der Waals surface area contributed by atoms with Gasteiger partial charge < -0.3 is 0 Å². The third-order valence-electron chi connectivity index (χ3n) is 3.15. The van der Waals surface area contributed by atoms with Crippen LogP contribution in [0.5, 0.6) is 0 Å². The predicted molar refractivity (Wildman–Crippen MR) is 68.8 cm³/mol. The molecule has 0 heteroatoms. The molecule has 0 N–H and O–H groups in total. The van der Waals surface area contributed by atoms with Gasteiger partial charge in [-0.2, -0.15) is 0 Å². The highest BCUT2D eigenvalue weighted by atomic mass is 14.2. The molecule has 0 aliphatic heterocycles. The summed E-state index contributed by atoms with van der Waals surface area (Å²) in [6.45, 7) is 2.20. The molecule has 0 saturated heterocycles. The van der Waals surface area contributed by atoms with Gasteiger partial charge in [-0.1, -0.05) is 54.6 Å². The van der Waals surface area contributed by atoms with Gasteiger partial charge in [-0.15, -0.1) is 0 Å². The fraction of sp³-hybridized carbons (Fsp3) is 0.0625. The Morgan fingerprint density at radius 2 is 1.44 bits per heavy atom. The van der Waals surface area contributed by atoms with Gasteiger partial charge in [-0.25, -0.2) is 0 Å². The summed E-state index contributed by atoms with van der Waals surface area (Å²) < 4.78 is 0. The summed E-state index contributed by atoms with van der Waals surface area (Å²) in [4.78, 5) is 0. The van der Waals surface area contributed by atoms with E-state index in [4.69, 9.17) is 0 Å². The van der Waals surface area contributed by atoms with E-state index in [1.807, 2.05) is 0 Å². The van der Waals surface area contributed by atoms with Crippen LogP contribution >= 0.6 is 0 Å². The number of allylic oxidation sites excluding steroid dienone is 2. The molecule has 0 nitrogen and oxygen atoms in total. The van der Waals surface area contributed by atoms with E-state index in [1.54, 1.807) is 0 Å². The normalized spacial score (nSPS) is 14.1. The summed E-state index contributed by atoms with van der Waals surface area (Å²) in [6.07, 6.45) is 2.28. The molecule has 0 heterocycles. The summed E-state index contributed by atoms with van der Waals surface area (Å²) in [5.41, 5.74) is 6.72. The van der Waals surface area contributed by atoms with Crippen LogP contribution in [0.15, 0.2) is 54.6 Å². The summed E-state index contributed by atoms with van der Waals surface area (Å²) in [5.74, 6) is 0. The van der Waals surface area contributed by atoms with E-state index >= 15 is 0 Å². The van der Waals surface area contributed by atoms with E-state index in [0.717, 1.165) is 0 Å². The molecular weight excluding hydrogens is 192 g/mol. The van der Waals surface area contributed by atoms with Crippen LogP contribution in [0, 0.1) is 6.42 Å². The maximum atomic E-state index is 2.28. The smallest absolute Gasteiger partial charge is 0.0214 e. The van der Waals surface area contributed by atoms with Crippen molar-refractivity contribution < 1.29 is 0 Å². The van der Waals surface area contributed by atoms with Gasteiger partial charge in [0, 0.05) is 6.42 Å². The molecule has 0 amide bonds. The van der Waals surface area contributed by atoms with Crippen molar-refractivity contribution in [2.75, 3.05) is 0 Å². The zero-order valence-electron chi connectivity index (χ0n) is 9.27. The van der Waals surface area contributed by atoms with Crippen LogP contribution in [0.3, 0.4) is 0 Å². The van der Waals surface area contributed by atoms with Gasteiger partial charge in [0.2, 0.25) is 0 Å². The van der Waals surface area contributed by atoms with Gasteiger partial charge in [-0.3, -0.25) is 0 Å². The molecule has 1 aliphatic rings.